The number of ether oxygens (including phenoxy) is 2. The van der Waals surface area contributed by atoms with Crippen molar-refractivity contribution in [3.63, 3.8) is 0 Å². The molecule has 0 aliphatic carbocycles. The number of nitrogens with two attached hydrogens (primary N) is 1. The number of para-hydroxylation sites is 1. The van der Waals surface area contributed by atoms with Gasteiger partial charge in [0.05, 0.1) is 0 Å². The van der Waals surface area contributed by atoms with Crippen LogP contribution in [0.5, 0.6) is 5.75 Å². The van der Waals surface area contributed by atoms with E-state index in [1.807, 2.05) is 67.6 Å². The molecule has 2 N–H and O–H groups in total. The van der Waals surface area contributed by atoms with Crippen molar-refractivity contribution in [1.82, 2.24) is 0 Å². The van der Waals surface area contributed by atoms with Gasteiger partial charge in [0, 0.05) is 13.7 Å². The van der Waals surface area contributed by atoms with Crippen LogP contribution in [0.2, 0.25) is 0 Å². The topological polar surface area (TPSA) is 44.5 Å². The fourth-order valence-corrected chi connectivity index (χ4v) is 2.36. The van der Waals surface area contributed by atoms with Crippen LogP contribution in [-0.4, -0.2) is 19.8 Å². The van der Waals surface area contributed by atoms with E-state index >= 15 is 0 Å². The molecule has 106 valence electrons. The lowest BCUT2D eigenvalue weighted by Gasteiger charge is -2.37. The monoisotopic (exact) mass is 271 g/mol. The van der Waals surface area contributed by atoms with E-state index < -0.39 is 5.60 Å². The van der Waals surface area contributed by atoms with Crippen molar-refractivity contribution in [1.29, 1.82) is 0 Å². The average Bonchev–Trinajstić information content (AvgIpc) is 2.50. The van der Waals surface area contributed by atoms with E-state index in [4.69, 9.17) is 15.2 Å². The molecule has 0 bridgehead atoms. The summed E-state index contributed by atoms with van der Waals surface area (Å²) in [4.78, 5) is 0. The molecule has 0 aliphatic heterocycles. The van der Waals surface area contributed by atoms with E-state index in [9.17, 15) is 0 Å². The van der Waals surface area contributed by atoms with Crippen molar-refractivity contribution in [2.45, 2.75) is 18.6 Å². The molecule has 3 nitrogen and oxygen atoms in total. The second-order valence-electron chi connectivity index (χ2n) is 4.85. The molecule has 2 atom stereocenters. The highest BCUT2D eigenvalue weighted by atomic mass is 16.5. The lowest BCUT2D eigenvalue weighted by Crippen LogP contribution is -2.47. The van der Waals surface area contributed by atoms with Crippen molar-refractivity contribution in [3.8, 4) is 5.75 Å². The lowest BCUT2D eigenvalue weighted by atomic mass is 9.89. The van der Waals surface area contributed by atoms with Gasteiger partial charge in [-0.2, -0.15) is 0 Å². The van der Waals surface area contributed by atoms with E-state index in [1.54, 1.807) is 7.11 Å². The molecule has 0 saturated heterocycles. The van der Waals surface area contributed by atoms with Crippen molar-refractivity contribution in [2.75, 3.05) is 13.7 Å². The zero-order valence-corrected chi connectivity index (χ0v) is 12.0. The summed E-state index contributed by atoms with van der Waals surface area (Å²) >= 11 is 0. The minimum absolute atomic E-state index is 0.231. The number of hydrogen-bond acceptors (Lipinski definition) is 3. The van der Waals surface area contributed by atoms with Crippen LogP contribution in [0.3, 0.4) is 0 Å². The molecule has 0 aromatic heterocycles. The molecular weight excluding hydrogens is 250 g/mol. The first-order chi connectivity index (χ1) is 9.70. The van der Waals surface area contributed by atoms with Crippen molar-refractivity contribution in [3.05, 3.63) is 66.2 Å². The maximum absolute atomic E-state index is 6.23. The molecular formula is C17H21NO2. The molecule has 0 heterocycles. The van der Waals surface area contributed by atoms with Crippen LogP contribution in [0, 0.1) is 0 Å². The standard InChI is InChI=1S/C17H21NO2/c1-17(16(13-18)19-2,14-9-5-3-6-10-14)20-15-11-7-4-8-12-15/h3-12,16H,13,18H2,1-2H3. The summed E-state index contributed by atoms with van der Waals surface area (Å²) in [6.45, 7) is 2.39. The summed E-state index contributed by atoms with van der Waals surface area (Å²) in [7, 11) is 1.66. The fourth-order valence-electron chi connectivity index (χ4n) is 2.36. The summed E-state index contributed by atoms with van der Waals surface area (Å²) < 4.78 is 11.8. The zero-order valence-electron chi connectivity index (χ0n) is 12.0. The van der Waals surface area contributed by atoms with Gasteiger partial charge in [-0.25, -0.2) is 0 Å². The van der Waals surface area contributed by atoms with E-state index in [2.05, 4.69) is 0 Å². The van der Waals surface area contributed by atoms with Crippen LogP contribution in [-0.2, 0) is 10.3 Å². The Morgan fingerprint density at radius 1 is 1.00 bits per heavy atom. The summed E-state index contributed by atoms with van der Waals surface area (Å²) in [5, 5.41) is 0. The molecule has 2 aromatic rings. The van der Waals surface area contributed by atoms with Gasteiger partial charge in [0.25, 0.3) is 0 Å². The minimum atomic E-state index is -0.633. The Morgan fingerprint density at radius 2 is 1.55 bits per heavy atom. The highest BCUT2D eigenvalue weighted by Gasteiger charge is 2.38. The number of hydrogen-bond donors (Lipinski definition) is 1. The van der Waals surface area contributed by atoms with Crippen LogP contribution in [0.4, 0.5) is 0 Å². The van der Waals surface area contributed by atoms with Gasteiger partial charge < -0.3 is 15.2 Å². The minimum Gasteiger partial charge on any atom is -0.480 e. The SMILES string of the molecule is COC(CN)C(C)(Oc1ccccc1)c1ccccc1. The molecule has 0 radical (unpaired) electrons. The third-order valence-corrected chi connectivity index (χ3v) is 3.53. The third-order valence-electron chi connectivity index (χ3n) is 3.53. The Balaban J connectivity index is 2.39. The van der Waals surface area contributed by atoms with Crippen LogP contribution in [0.1, 0.15) is 12.5 Å². The first-order valence-corrected chi connectivity index (χ1v) is 6.73. The van der Waals surface area contributed by atoms with Gasteiger partial charge in [-0.3, -0.25) is 0 Å². The van der Waals surface area contributed by atoms with Crippen LogP contribution >= 0.6 is 0 Å². The first kappa shape index (κ1) is 14.6. The second-order valence-corrected chi connectivity index (χ2v) is 4.85. The quantitative estimate of drug-likeness (QED) is 0.878. The average molecular weight is 271 g/mol. The second kappa shape index (κ2) is 6.55. The van der Waals surface area contributed by atoms with Crippen LogP contribution in [0.15, 0.2) is 60.7 Å². The first-order valence-electron chi connectivity index (χ1n) is 6.73. The summed E-state index contributed by atoms with van der Waals surface area (Å²) in [6, 6.07) is 19.8. The molecule has 0 spiro atoms. The molecule has 0 fully saturated rings. The zero-order chi connectivity index (χ0) is 14.4. The Bertz CT molecular complexity index is 511. The predicted octanol–water partition coefficient (Wildman–Crippen LogP) is 2.95. The maximum Gasteiger partial charge on any atom is 0.158 e. The van der Waals surface area contributed by atoms with Crippen molar-refractivity contribution in [2.24, 2.45) is 5.73 Å². The molecule has 20 heavy (non-hydrogen) atoms. The molecule has 3 heteroatoms. The van der Waals surface area contributed by atoms with E-state index in [1.165, 1.54) is 0 Å². The van der Waals surface area contributed by atoms with Gasteiger partial charge in [0.2, 0.25) is 0 Å². The Kier molecular flexibility index (Phi) is 4.77. The van der Waals surface area contributed by atoms with E-state index in [-0.39, 0.29) is 6.10 Å². The number of benzene rings is 2. The highest BCUT2D eigenvalue weighted by molar-refractivity contribution is 5.28. The maximum atomic E-state index is 6.23. The Hall–Kier alpha value is -1.84. The van der Waals surface area contributed by atoms with Gasteiger partial charge in [-0.1, -0.05) is 48.5 Å². The number of rotatable bonds is 6. The highest BCUT2D eigenvalue weighted by Crippen LogP contribution is 2.32. The molecule has 2 unspecified atom stereocenters. The number of methoxy groups -OCH3 is 1. The molecule has 0 amide bonds. The molecule has 2 aromatic carbocycles. The van der Waals surface area contributed by atoms with Gasteiger partial charge in [-0.05, 0) is 24.6 Å². The molecule has 0 aliphatic rings. The largest absolute Gasteiger partial charge is 0.480 e. The van der Waals surface area contributed by atoms with Crippen molar-refractivity contribution >= 4 is 0 Å². The molecule has 2 rings (SSSR count). The third kappa shape index (κ3) is 3.00. The summed E-state index contributed by atoms with van der Waals surface area (Å²) in [5.41, 5.74) is 6.27. The van der Waals surface area contributed by atoms with E-state index in [0.29, 0.717) is 6.54 Å². The normalized spacial score (nSPS) is 15.3. The Morgan fingerprint density at radius 3 is 2.05 bits per heavy atom. The summed E-state index contributed by atoms with van der Waals surface area (Å²) in [5.74, 6) is 0.800. The van der Waals surface area contributed by atoms with Gasteiger partial charge >= 0.3 is 0 Å². The lowest BCUT2D eigenvalue weighted by molar-refractivity contribution is -0.0636. The molecule has 0 saturated carbocycles. The van der Waals surface area contributed by atoms with Gasteiger partial charge in [0.15, 0.2) is 5.60 Å². The van der Waals surface area contributed by atoms with Gasteiger partial charge in [0.1, 0.15) is 11.9 Å². The Labute approximate surface area is 120 Å². The smallest absolute Gasteiger partial charge is 0.158 e. The van der Waals surface area contributed by atoms with Crippen LogP contribution in [0.25, 0.3) is 0 Å². The van der Waals surface area contributed by atoms with E-state index in [0.717, 1.165) is 11.3 Å². The van der Waals surface area contributed by atoms with Gasteiger partial charge in [-0.15, -0.1) is 0 Å². The van der Waals surface area contributed by atoms with Crippen LogP contribution < -0.4 is 10.5 Å². The van der Waals surface area contributed by atoms with Crippen molar-refractivity contribution < 1.29 is 9.47 Å². The fraction of sp³-hybridized carbons (Fsp3) is 0.294. The summed E-state index contributed by atoms with van der Waals surface area (Å²) in [6.07, 6.45) is -0.231. The predicted molar refractivity (Wildman–Crippen MR) is 80.7 cm³/mol.